The molecule has 5 nitrogen and oxygen atoms in total. The first-order valence-corrected chi connectivity index (χ1v) is 5.99. The molecule has 1 saturated heterocycles. The summed E-state index contributed by atoms with van der Waals surface area (Å²) in [4.78, 5) is 10.6. The SMILES string of the molecule is CNc1ncc(Br)c(N2CCC(C)(O)C2)n1. The predicted molar refractivity (Wildman–Crippen MR) is 66.7 cm³/mol. The van der Waals surface area contributed by atoms with E-state index in [4.69, 9.17) is 0 Å². The zero-order valence-corrected chi connectivity index (χ0v) is 11.0. The van der Waals surface area contributed by atoms with E-state index >= 15 is 0 Å². The summed E-state index contributed by atoms with van der Waals surface area (Å²) in [6, 6.07) is 0. The molecule has 1 aromatic heterocycles. The highest BCUT2D eigenvalue weighted by atomic mass is 79.9. The second-order valence-corrected chi connectivity index (χ2v) is 5.14. The number of aromatic nitrogens is 2. The molecule has 1 aliphatic heterocycles. The van der Waals surface area contributed by atoms with E-state index in [0.29, 0.717) is 12.5 Å². The summed E-state index contributed by atoms with van der Waals surface area (Å²) in [7, 11) is 1.78. The topological polar surface area (TPSA) is 61.3 Å². The van der Waals surface area contributed by atoms with Gasteiger partial charge in [-0.05, 0) is 29.3 Å². The van der Waals surface area contributed by atoms with Gasteiger partial charge in [0, 0.05) is 26.3 Å². The fourth-order valence-electron chi connectivity index (χ4n) is 1.83. The van der Waals surface area contributed by atoms with Crippen LogP contribution in [0, 0.1) is 0 Å². The van der Waals surface area contributed by atoms with Gasteiger partial charge >= 0.3 is 0 Å². The van der Waals surface area contributed by atoms with Gasteiger partial charge in [0.15, 0.2) is 0 Å². The number of nitrogens with zero attached hydrogens (tertiary/aromatic N) is 3. The van der Waals surface area contributed by atoms with Gasteiger partial charge in [0.2, 0.25) is 5.95 Å². The minimum atomic E-state index is -0.621. The van der Waals surface area contributed by atoms with Crippen molar-refractivity contribution in [1.29, 1.82) is 0 Å². The van der Waals surface area contributed by atoms with Crippen molar-refractivity contribution >= 4 is 27.7 Å². The molecule has 1 aromatic rings. The van der Waals surface area contributed by atoms with Gasteiger partial charge in [-0.1, -0.05) is 0 Å². The van der Waals surface area contributed by atoms with Crippen molar-refractivity contribution in [3.63, 3.8) is 0 Å². The molecule has 0 bridgehead atoms. The molecule has 0 amide bonds. The monoisotopic (exact) mass is 286 g/mol. The first-order chi connectivity index (χ1) is 7.52. The maximum atomic E-state index is 9.93. The largest absolute Gasteiger partial charge is 0.388 e. The second-order valence-electron chi connectivity index (χ2n) is 4.28. The van der Waals surface area contributed by atoms with Crippen LogP contribution in [0.25, 0.3) is 0 Å². The molecule has 2 heterocycles. The Kier molecular flexibility index (Phi) is 3.03. The number of aliphatic hydroxyl groups is 1. The Morgan fingerprint density at radius 3 is 2.94 bits per heavy atom. The average Bonchev–Trinajstić information content (AvgIpc) is 2.59. The maximum Gasteiger partial charge on any atom is 0.224 e. The third-order valence-corrected chi connectivity index (χ3v) is 3.26. The summed E-state index contributed by atoms with van der Waals surface area (Å²) in [5.74, 6) is 1.42. The van der Waals surface area contributed by atoms with Crippen LogP contribution in [0.4, 0.5) is 11.8 Å². The number of nitrogens with one attached hydrogen (secondary N) is 1. The van der Waals surface area contributed by atoms with Crippen molar-refractivity contribution in [3.05, 3.63) is 10.7 Å². The molecular weight excluding hydrogens is 272 g/mol. The first kappa shape index (κ1) is 11.6. The van der Waals surface area contributed by atoms with E-state index in [0.717, 1.165) is 23.3 Å². The Morgan fingerprint density at radius 1 is 1.62 bits per heavy atom. The Balaban J connectivity index is 2.27. The predicted octanol–water partition coefficient (Wildman–Crippen LogP) is 1.24. The van der Waals surface area contributed by atoms with Crippen LogP contribution >= 0.6 is 15.9 Å². The van der Waals surface area contributed by atoms with Crippen molar-refractivity contribution < 1.29 is 5.11 Å². The van der Waals surface area contributed by atoms with E-state index in [1.54, 1.807) is 13.2 Å². The molecule has 1 unspecified atom stereocenters. The number of rotatable bonds is 2. The smallest absolute Gasteiger partial charge is 0.224 e. The molecule has 1 aliphatic rings. The Hall–Kier alpha value is -0.880. The zero-order valence-electron chi connectivity index (χ0n) is 9.37. The highest BCUT2D eigenvalue weighted by Gasteiger charge is 2.32. The molecule has 16 heavy (non-hydrogen) atoms. The molecular formula is C10H15BrN4O. The second kappa shape index (κ2) is 4.18. The third kappa shape index (κ3) is 2.27. The summed E-state index contributed by atoms with van der Waals surface area (Å²) in [6.07, 6.45) is 2.49. The van der Waals surface area contributed by atoms with Gasteiger partial charge in [0.1, 0.15) is 5.82 Å². The molecule has 0 radical (unpaired) electrons. The Morgan fingerprint density at radius 2 is 2.38 bits per heavy atom. The fourth-order valence-corrected chi connectivity index (χ4v) is 2.27. The minimum Gasteiger partial charge on any atom is -0.388 e. The van der Waals surface area contributed by atoms with E-state index in [9.17, 15) is 5.11 Å². The molecule has 6 heteroatoms. The molecule has 0 saturated carbocycles. The van der Waals surface area contributed by atoms with E-state index < -0.39 is 5.60 Å². The summed E-state index contributed by atoms with van der Waals surface area (Å²) >= 11 is 3.43. The number of hydrogen-bond donors (Lipinski definition) is 2. The van der Waals surface area contributed by atoms with Gasteiger partial charge in [0.25, 0.3) is 0 Å². The lowest BCUT2D eigenvalue weighted by molar-refractivity contribution is 0.0839. The quantitative estimate of drug-likeness (QED) is 0.857. The van der Waals surface area contributed by atoms with Crippen LogP contribution in [0.1, 0.15) is 13.3 Å². The lowest BCUT2D eigenvalue weighted by Crippen LogP contribution is -2.30. The highest BCUT2D eigenvalue weighted by Crippen LogP contribution is 2.30. The van der Waals surface area contributed by atoms with Crippen LogP contribution in [0.5, 0.6) is 0 Å². The number of hydrogen-bond acceptors (Lipinski definition) is 5. The lowest BCUT2D eigenvalue weighted by atomic mass is 10.1. The molecule has 0 aromatic carbocycles. The summed E-state index contributed by atoms with van der Waals surface area (Å²) in [5.41, 5.74) is -0.621. The van der Waals surface area contributed by atoms with Gasteiger partial charge in [-0.2, -0.15) is 4.98 Å². The van der Waals surface area contributed by atoms with Gasteiger partial charge in [-0.15, -0.1) is 0 Å². The molecule has 0 spiro atoms. The molecule has 1 atom stereocenters. The van der Waals surface area contributed by atoms with Crippen molar-refractivity contribution in [2.24, 2.45) is 0 Å². The van der Waals surface area contributed by atoms with Crippen molar-refractivity contribution in [2.75, 3.05) is 30.4 Å². The minimum absolute atomic E-state index is 0.588. The van der Waals surface area contributed by atoms with Crippen molar-refractivity contribution in [1.82, 2.24) is 9.97 Å². The van der Waals surface area contributed by atoms with Gasteiger partial charge in [0.05, 0.1) is 10.1 Å². The number of β-amino-alcohol motifs (C(OH)–C–C–N with tert-alkyl or cyclic N) is 1. The summed E-state index contributed by atoms with van der Waals surface area (Å²) < 4.78 is 0.851. The van der Waals surface area contributed by atoms with Crippen LogP contribution in [-0.4, -0.2) is 40.8 Å². The van der Waals surface area contributed by atoms with Gasteiger partial charge < -0.3 is 15.3 Å². The zero-order chi connectivity index (χ0) is 11.8. The number of halogens is 1. The summed E-state index contributed by atoms with van der Waals surface area (Å²) in [6.45, 7) is 3.26. The molecule has 88 valence electrons. The fraction of sp³-hybridized carbons (Fsp3) is 0.600. The third-order valence-electron chi connectivity index (χ3n) is 2.70. The van der Waals surface area contributed by atoms with Crippen molar-refractivity contribution in [2.45, 2.75) is 18.9 Å². The van der Waals surface area contributed by atoms with Gasteiger partial charge in [-0.3, -0.25) is 0 Å². The van der Waals surface area contributed by atoms with E-state index in [2.05, 4.69) is 36.1 Å². The van der Waals surface area contributed by atoms with E-state index in [1.807, 2.05) is 6.92 Å². The van der Waals surface area contributed by atoms with E-state index in [1.165, 1.54) is 0 Å². The average molecular weight is 287 g/mol. The van der Waals surface area contributed by atoms with Gasteiger partial charge in [-0.25, -0.2) is 4.98 Å². The molecule has 1 fully saturated rings. The van der Waals surface area contributed by atoms with Crippen LogP contribution in [0.15, 0.2) is 10.7 Å². The van der Waals surface area contributed by atoms with Crippen LogP contribution in [-0.2, 0) is 0 Å². The van der Waals surface area contributed by atoms with Crippen LogP contribution in [0.3, 0.4) is 0 Å². The lowest BCUT2D eigenvalue weighted by Gasteiger charge is -2.21. The maximum absolute atomic E-state index is 9.93. The van der Waals surface area contributed by atoms with E-state index in [-0.39, 0.29) is 0 Å². The Labute approximate surface area is 103 Å². The molecule has 2 rings (SSSR count). The highest BCUT2D eigenvalue weighted by molar-refractivity contribution is 9.10. The normalized spacial score (nSPS) is 24.9. The van der Waals surface area contributed by atoms with Crippen LogP contribution < -0.4 is 10.2 Å². The first-order valence-electron chi connectivity index (χ1n) is 5.19. The summed E-state index contributed by atoms with van der Waals surface area (Å²) in [5, 5.41) is 12.8. The number of anilines is 2. The standard InChI is InChI=1S/C10H15BrN4O/c1-10(16)3-4-15(6-10)8-7(11)5-13-9(12-2)14-8/h5,16H,3-4,6H2,1-2H3,(H,12,13,14). The van der Waals surface area contributed by atoms with Crippen molar-refractivity contribution in [3.8, 4) is 0 Å². The Bertz CT molecular complexity index is 396. The van der Waals surface area contributed by atoms with Crippen LogP contribution in [0.2, 0.25) is 0 Å². The molecule has 0 aliphatic carbocycles. The molecule has 2 N–H and O–H groups in total.